The maximum absolute atomic E-state index is 9.97. The molecular formula is C15H30N2O2. The second-order valence-electron chi connectivity index (χ2n) is 6.62. The maximum Gasteiger partial charge on any atom is 0.0698 e. The molecule has 1 saturated carbocycles. The first-order chi connectivity index (χ1) is 9.09. The number of rotatable bonds is 7. The number of likely N-dealkylation sites (tertiary alicyclic amines) is 1. The number of hydrogen-bond acceptors (Lipinski definition) is 4. The van der Waals surface area contributed by atoms with Crippen molar-refractivity contribution in [1.82, 2.24) is 10.2 Å². The Morgan fingerprint density at radius 1 is 1.37 bits per heavy atom. The molecule has 2 atom stereocenters. The third kappa shape index (κ3) is 3.91. The number of nitrogens with zero attached hydrogens (tertiary/aromatic N) is 1. The summed E-state index contributed by atoms with van der Waals surface area (Å²) in [6, 6.07) is 0.413. The van der Waals surface area contributed by atoms with Gasteiger partial charge in [-0.3, -0.25) is 4.90 Å². The van der Waals surface area contributed by atoms with Crippen LogP contribution < -0.4 is 5.32 Å². The highest BCUT2D eigenvalue weighted by atomic mass is 16.5. The first-order valence-electron chi connectivity index (χ1n) is 7.73. The molecule has 2 N–H and O–H groups in total. The minimum atomic E-state index is -0.107. The molecule has 0 aromatic rings. The van der Waals surface area contributed by atoms with Crippen molar-refractivity contribution in [3.8, 4) is 0 Å². The van der Waals surface area contributed by atoms with Crippen molar-refractivity contribution < 1.29 is 9.84 Å². The van der Waals surface area contributed by atoms with Gasteiger partial charge in [-0.25, -0.2) is 0 Å². The van der Waals surface area contributed by atoms with Crippen LogP contribution in [0.15, 0.2) is 0 Å². The predicted octanol–water partition coefficient (Wildman–Crippen LogP) is 1.24. The summed E-state index contributed by atoms with van der Waals surface area (Å²) in [4.78, 5) is 2.47. The Labute approximate surface area is 117 Å². The molecule has 0 aromatic heterocycles. The number of aliphatic hydroxyl groups is 1. The van der Waals surface area contributed by atoms with Crippen LogP contribution in [0.4, 0.5) is 0 Å². The van der Waals surface area contributed by atoms with Gasteiger partial charge in [-0.2, -0.15) is 0 Å². The lowest BCUT2D eigenvalue weighted by molar-refractivity contribution is 0.00699. The molecule has 1 aliphatic heterocycles. The zero-order valence-electron chi connectivity index (χ0n) is 12.7. The Bertz CT molecular complexity index is 281. The molecule has 2 rings (SSSR count). The summed E-state index contributed by atoms with van der Waals surface area (Å²) < 4.78 is 5.50. The summed E-state index contributed by atoms with van der Waals surface area (Å²) in [6.45, 7) is 7.66. The molecule has 0 spiro atoms. The monoisotopic (exact) mass is 270 g/mol. The van der Waals surface area contributed by atoms with Crippen LogP contribution in [0.5, 0.6) is 0 Å². The Balaban J connectivity index is 1.98. The number of nitrogens with one attached hydrogen (secondary N) is 1. The van der Waals surface area contributed by atoms with E-state index in [-0.39, 0.29) is 12.1 Å². The van der Waals surface area contributed by atoms with E-state index in [4.69, 9.17) is 4.74 Å². The average molecular weight is 270 g/mol. The van der Waals surface area contributed by atoms with Crippen molar-refractivity contribution in [2.24, 2.45) is 5.92 Å². The molecule has 2 aliphatic rings. The lowest BCUT2D eigenvalue weighted by atomic mass is 9.91. The Hall–Kier alpha value is -0.160. The SMILES string of the molecule is COC1CCCN(CC(CO)(NC(C)C)C2CC2)C1. The average Bonchev–Trinajstić information content (AvgIpc) is 3.22. The van der Waals surface area contributed by atoms with Gasteiger partial charge < -0.3 is 15.2 Å². The normalized spacial score (nSPS) is 28.6. The highest BCUT2D eigenvalue weighted by molar-refractivity contribution is 5.04. The molecule has 4 nitrogen and oxygen atoms in total. The van der Waals surface area contributed by atoms with E-state index in [2.05, 4.69) is 24.1 Å². The summed E-state index contributed by atoms with van der Waals surface area (Å²) in [5.74, 6) is 0.642. The summed E-state index contributed by atoms with van der Waals surface area (Å²) >= 11 is 0. The Kier molecular flexibility index (Phi) is 5.23. The van der Waals surface area contributed by atoms with Crippen LogP contribution in [0.1, 0.15) is 39.5 Å². The van der Waals surface area contributed by atoms with Crippen LogP contribution >= 0.6 is 0 Å². The van der Waals surface area contributed by atoms with Gasteiger partial charge in [-0.05, 0) is 38.1 Å². The molecule has 0 radical (unpaired) electrons. The van der Waals surface area contributed by atoms with E-state index in [1.54, 1.807) is 7.11 Å². The third-order valence-electron chi connectivity index (χ3n) is 4.52. The van der Waals surface area contributed by atoms with Gasteiger partial charge in [0.1, 0.15) is 0 Å². The molecule has 0 aromatic carbocycles. The van der Waals surface area contributed by atoms with Gasteiger partial charge >= 0.3 is 0 Å². The molecule has 2 fully saturated rings. The Morgan fingerprint density at radius 2 is 2.11 bits per heavy atom. The number of aliphatic hydroxyl groups excluding tert-OH is 1. The molecule has 0 bridgehead atoms. The van der Waals surface area contributed by atoms with Crippen LogP contribution in [0.25, 0.3) is 0 Å². The molecule has 2 unspecified atom stereocenters. The van der Waals surface area contributed by atoms with Crippen molar-refractivity contribution in [3.05, 3.63) is 0 Å². The smallest absolute Gasteiger partial charge is 0.0698 e. The van der Waals surface area contributed by atoms with Crippen LogP contribution in [0, 0.1) is 5.92 Å². The second-order valence-corrected chi connectivity index (χ2v) is 6.62. The molecule has 19 heavy (non-hydrogen) atoms. The first kappa shape index (κ1) is 15.2. The minimum Gasteiger partial charge on any atom is -0.394 e. The van der Waals surface area contributed by atoms with E-state index in [9.17, 15) is 5.11 Å². The maximum atomic E-state index is 9.97. The largest absolute Gasteiger partial charge is 0.394 e. The number of piperidine rings is 1. The molecule has 112 valence electrons. The number of ether oxygens (including phenoxy) is 1. The fraction of sp³-hybridized carbons (Fsp3) is 1.00. The fourth-order valence-electron chi connectivity index (χ4n) is 3.48. The van der Waals surface area contributed by atoms with Gasteiger partial charge in [-0.1, -0.05) is 13.8 Å². The molecule has 1 heterocycles. The van der Waals surface area contributed by atoms with Crippen molar-refractivity contribution in [3.63, 3.8) is 0 Å². The highest BCUT2D eigenvalue weighted by Gasteiger charge is 2.46. The van der Waals surface area contributed by atoms with Crippen molar-refractivity contribution in [2.45, 2.75) is 57.2 Å². The van der Waals surface area contributed by atoms with Gasteiger partial charge in [0.15, 0.2) is 0 Å². The molecule has 0 amide bonds. The Morgan fingerprint density at radius 3 is 2.63 bits per heavy atom. The molecule has 1 saturated heterocycles. The lowest BCUT2D eigenvalue weighted by Gasteiger charge is -2.42. The molecule has 4 heteroatoms. The summed E-state index contributed by atoms with van der Waals surface area (Å²) in [5, 5.41) is 13.6. The van der Waals surface area contributed by atoms with Crippen LogP contribution in [-0.2, 0) is 4.74 Å². The quantitative estimate of drug-likeness (QED) is 0.730. The zero-order valence-corrected chi connectivity index (χ0v) is 12.7. The van der Waals surface area contributed by atoms with Crippen LogP contribution in [0.3, 0.4) is 0 Å². The third-order valence-corrected chi connectivity index (χ3v) is 4.52. The summed E-state index contributed by atoms with van der Waals surface area (Å²) in [5.41, 5.74) is -0.107. The van der Waals surface area contributed by atoms with E-state index in [1.807, 2.05) is 0 Å². The van der Waals surface area contributed by atoms with Crippen LogP contribution in [0.2, 0.25) is 0 Å². The van der Waals surface area contributed by atoms with E-state index in [0.717, 1.165) is 19.6 Å². The van der Waals surface area contributed by atoms with Gasteiger partial charge in [0.25, 0.3) is 0 Å². The molecular weight excluding hydrogens is 240 g/mol. The van der Waals surface area contributed by atoms with Crippen LogP contribution in [-0.4, -0.2) is 61.0 Å². The second kappa shape index (κ2) is 6.53. The van der Waals surface area contributed by atoms with E-state index < -0.39 is 0 Å². The standard InChI is InChI=1S/C15H30N2O2/c1-12(2)16-15(11-18,13-6-7-13)10-17-8-4-5-14(9-17)19-3/h12-14,16,18H,4-11H2,1-3H3. The number of methoxy groups -OCH3 is 1. The summed E-state index contributed by atoms with van der Waals surface area (Å²) in [7, 11) is 1.81. The van der Waals surface area contributed by atoms with Gasteiger partial charge in [-0.15, -0.1) is 0 Å². The number of hydrogen-bond donors (Lipinski definition) is 2. The minimum absolute atomic E-state index is 0.107. The summed E-state index contributed by atoms with van der Waals surface area (Å²) in [6.07, 6.45) is 5.24. The van der Waals surface area contributed by atoms with Crippen molar-refractivity contribution in [1.29, 1.82) is 0 Å². The first-order valence-corrected chi connectivity index (χ1v) is 7.73. The predicted molar refractivity (Wildman–Crippen MR) is 77.3 cm³/mol. The van der Waals surface area contributed by atoms with E-state index >= 15 is 0 Å². The topological polar surface area (TPSA) is 44.7 Å². The van der Waals surface area contributed by atoms with Crippen molar-refractivity contribution >= 4 is 0 Å². The molecule has 1 aliphatic carbocycles. The van der Waals surface area contributed by atoms with Gasteiger partial charge in [0.2, 0.25) is 0 Å². The lowest BCUT2D eigenvalue weighted by Crippen LogP contribution is -2.61. The van der Waals surface area contributed by atoms with Crippen molar-refractivity contribution in [2.75, 3.05) is 33.4 Å². The zero-order chi connectivity index (χ0) is 13.9. The van der Waals surface area contributed by atoms with E-state index in [1.165, 1.54) is 25.7 Å². The fourth-order valence-corrected chi connectivity index (χ4v) is 3.48. The van der Waals surface area contributed by atoms with E-state index in [0.29, 0.717) is 18.1 Å². The van der Waals surface area contributed by atoms with Gasteiger partial charge in [0.05, 0.1) is 18.2 Å². The van der Waals surface area contributed by atoms with Gasteiger partial charge in [0, 0.05) is 26.2 Å². The highest BCUT2D eigenvalue weighted by Crippen LogP contribution is 2.40.